The molecule has 0 N–H and O–H groups in total. The van der Waals surface area contributed by atoms with Crippen molar-refractivity contribution in [2.75, 3.05) is 46.0 Å². The highest BCUT2D eigenvalue weighted by molar-refractivity contribution is 7.21. The highest BCUT2D eigenvalue weighted by Crippen LogP contribution is 2.39. The van der Waals surface area contributed by atoms with E-state index in [9.17, 15) is 4.79 Å². The summed E-state index contributed by atoms with van der Waals surface area (Å²) >= 11 is 1.59. The molecular formula is C23H25N3O3S. The molecule has 7 heteroatoms. The summed E-state index contributed by atoms with van der Waals surface area (Å²) in [5, 5.41) is 1.13. The lowest BCUT2D eigenvalue weighted by Gasteiger charge is -2.34. The second kappa shape index (κ2) is 8.81. The van der Waals surface area contributed by atoms with Crippen LogP contribution in [-0.2, 0) is 16.0 Å². The topological polar surface area (TPSA) is 54.9 Å². The SMILES string of the molecule is O=C(c1sc2ccccc2c1[C@@H]1CN(Cc2ccncc2)CCO1)N1CCOCC1. The minimum atomic E-state index is -0.114. The fourth-order valence-corrected chi connectivity index (χ4v) is 5.44. The van der Waals surface area contributed by atoms with Crippen molar-refractivity contribution in [3.63, 3.8) is 0 Å². The van der Waals surface area contributed by atoms with Gasteiger partial charge in [0.2, 0.25) is 0 Å². The van der Waals surface area contributed by atoms with Crippen molar-refractivity contribution in [3.8, 4) is 0 Å². The average Bonchev–Trinajstić information content (AvgIpc) is 3.20. The molecule has 1 atom stereocenters. The number of morpholine rings is 2. The molecule has 1 amide bonds. The highest BCUT2D eigenvalue weighted by atomic mass is 32.1. The van der Waals surface area contributed by atoms with Crippen LogP contribution in [0.1, 0.15) is 26.9 Å². The van der Waals surface area contributed by atoms with Gasteiger partial charge in [0.15, 0.2) is 0 Å². The molecule has 0 saturated carbocycles. The van der Waals surface area contributed by atoms with Crippen molar-refractivity contribution in [2.24, 2.45) is 0 Å². The predicted octanol–water partition coefficient (Wildman–Crippen LogP) is 3.34. The molecular weight excluding hydrogens is 398 g/mol. The first kappa shape index (κ1) is 19.6. The first-order valence-corrected chi connectivity index (χ1v) is 11.2. The van der Waals surface area contributed by atoms with Gasteiger partial charge in [-0.05, 0) is 29.1 Å². The zero-order chi connectivity index (χ0) is 20.3. The quantitative estimate of drug-likeness (QED) is 0.644. The minimum absolute atomic E-state index is 0.101. The van der Waals surface area contributed by atoms with Crippen molar-refractivity contribution in [1.29, 1.82) is 0 Å². The van der Waals surface area contributed by atoms with E-state index in [1.165, 1.54) is 5.56 Å². The number of ether oxygens (including phenoxy) is 2. The zero-order valence-electron chi connectivity index (χ0n) is 16.8. The molecule has 0 unspecified atom stereocenters. The van der Waals surface area contributed by atoms with Gasteiger partial charge in [-0.3, -0.25) is 14.7 Å². The molecule has 2 saturated heterocycles. The Morgan fingerprint density at radius 3 is 2.70 bits per heavy atom. The summed E-state index contributed by atoms with van der Waals surface area (Å²) in [6.45, 7) is 5.66. The predicted molar refractivity (Wildman–Crippen MR) is 117 cm³/mol. The van der Waals surface area contributed by atoms with Gasteiger partial charge in [0.05, 0.1) is 30.8 Å². The Kier molecular flexibility index (Phi) is 5.77. The van der Waals surface area contributed by atoms with Gasteiger partial charge >= 0.3 is 0 Å². The van der Waals surface area contributed by atoms with Crippen LogP contribution < -0.4 is 0 Å². The number of nitrogens with zero attached hydrogens (tertiary/aromatic N) is 3. The third kappa shape index (κ3) is 3.98. The van der Waals surface area contributed by atoms with Crippen LogP contribution in [-0.4, -0.2) is 66.7 Å². The first-order valence-electron chi connectivity index (χ1n) is 10.4. The monoisotopic (exact) mass is 423 g/mol. The van der Waals surface area contributed by atoms with Gasteiger partial charge in [0, 0.05) is 55.4 Å². The summed E-state index contributed by atoms with van der Waals surface area (Å²) in [4.78, 5) is 22.6. The van der Waals surface area contributed by atoms with Gasteiger partial charge in [-0.2, -0.15) is 0 Å². The van der Waals surface area contributed by atoms with Crippen molar-refractivity contribution >= 4 is 27.3 Å². The van der Waals surface area contributed by atoms with Gasteiger partial charge in [-0.25, -0.2) is 0 Å². The van der Waals surface area contributed by atoms with Gasteiger partial charge in [0.25, 0.3) is 5.91 Å². The Hall–Kier alpha value is -2.32. The molecule has 0 aliphatic carbocycles. The number of rotatable bonds is 4. The van der Waals surface area contributed by atoms with Crippen LogP contribution in [0, 0.1) is 0 Å². The van der Waals surface area contributed by atoms with Crippen LogP contribution in [0.25, 0.3) is 10.1 Å². The Bertz CT molecular complexity index is 1020. The maximum atomic E-state index is 13.4. The fourth-order valence-electron chi connectivity index (χ4n) is 4.22. The van der Waals surface area contributed by atoms with Crippen molar-refractivity contribution in [2.45, 2.75) is 12.6 Å². The standard InChI is InChI=1S/C23H25N3O3S/c27-23(26-10-12-28-13-11-26)22-21(18-3-1-2-4-20(18)30-22)19-16-25(9-14-29-19)15-17-5-7-24-8-6-17/h1-8,19H,9-16H2/t19-/m0/s1. The van der Waals surface area contributed by atoms with Crippen LogP contribution in [0.4, 0.5) is 0 Å². The Morgan fingerprint density at radius 1 is 1.07 bits per heavy atom. The smallest absolute Gasteiger partial charge is 0.264 e. The van der Waals surface area contributed by atoms with Crippen LogP contribution in [0.2, 0.25) is 0 Å². The number of hydrogen-bond donors (Lipinski definition) is 0. The molecule has 0 bridgehead atoms. The molecule has 3 aromatic rings. The van der Waals surface area contributed by atoms with E-state index >= 15 is 0 Å². The lowest BCUT2D eigenvalue weighted by atomic mass is 10.0. The summed E-state index contributed by atoms with van der Waals surface area (Å²) in [6.07, 6.45) is 3.55. The fraction of sp³-hybridized carbons (Fsp3) is 0.391. The molecule has 30 heavy (non-hydrogen) atoms. The van der Waals surface area contributed by atoms with E-state index in [4.69, 9.17) is 9.47 Å². The first-order chi connectivity index (χ1) is 14.8. The van der Waals surface area contributed by atoms with Gasteiger partial charge in [-0.15, -0.1) is 11.3 Å². The number of thiophene rings is 1. The van der Waals surface area contributed by atoms with E-state index < -0.39 is 0 Å². The van der Waals surface area contributed by atoms with Crippen LogP contribution in [0.15, 0.2) is 48.8 Å². The van der Waals surface area contributed by atoms with Gasteiger partial charge in [0.1, 0.15) is 0 Å². The molecule has 4 heterocycles. The number of fused-ring (bicyclic) bond motifs is 1. The van der Waals surface area contributed by atoms with Crippen LogP contribution in [0.3, 0.4) is 0 Å². The number of aromatic nitrogens is 1. The Morgan fingerprint density at radius 2 is 1.87 bits per heavy atom. The number of pyridine rings is 1. The average molecular weight is 424 g/mol. The maximum Gasteiger partial charge on any atom is 0.264 e. The summed E-state index contributed by atoms with van der Waals surface area (Å²) in [5.74, 6) is 0.101. The molecule has 156 valence electrons. The molecule has 2 fully saturated rings. The summed E-state index contributed by atoms with van der Waals surface area (Å²) in [7, 11) is 0. The second-order valence-electron chi connectivity index (χ2n) is 7.70. The minimum Gasteiger partial charge on any atom is -0.378 e. The molecule has 6 nitrogen and oxygen atoms in total. The summed E-state index contributed by atoms with van der Waals surface area (Å²) < 4.78 is 12.8. The van der Waals surface area contributed by atoms with E-state index in [2.05, 4.69) is 34.1 Å². The lowest BCUT2D eigenvalue weighted by Crippen LogP contribution is -2.41. The van der Waals surface area contributed by atoms with Crippen molar-refractivity contribution in [1.82, 2.24) is 14.8 Å². The molecule has 0 radical (unpaired) electrons. The number of hydrogen-bond acceptors (Lipinski definition) is 6. The number of benzene rings is 1. The molecule has 5 rings (SSSR count). The zero-order valence-corrected chi connectivity index (χ0v) is 17.6. The highest BCUT2D eigenvalue weighted by Gasteiger charge is 2.31. The maximum absolute atomic E-state index is 13.4. The molecule has 0 spiro atoms. The molecule has 2 aromatic heterocycles. The molecule has 2 aliphatic heterocycles. The summed E-state index contributed by atoms with van der Waals surface area (Å²) in [5.41, 5.74) is 2.29. The van der Waals surface area contributed by atoms with Crippen molar-refractivity contribution in [3.05, 3.63) is 64.8 Å². The van der Waals surface area contributed by atoms with Crippen LogP contribution >= 0.6 is 11.3 Å². The number of carbonyl (C=O) groups excluding carboxylic acids is 1. The summed E-state index contributed by atoms with van der Waals surface area (Å²) in [6, 6.07) is 12.4. The number of carbonyl (C=O) groups is 1. The van der Waals surface area contributed by atoms with E-state index in [0.29, 0.717) is 32.9 Å². The third-order valence-electron chi connectivity index (χ3n) is 5.75. The molecule has 1 aromatic carbocycles. The van der Waals surface area contributed by atoms with Crippen molar-refractivity contribution < 1.29 is 14.3 Å². The third-order valence-corrected chi connectivity index (χ3v) is 6.93. The Labute approximate surface area is 180 Å². The largest absolute Gasteiger partial charge is 0.378 e. The molecule has 2 aliphatic rings. The van der Waals surface area contributed by atoms with Gasteiger partial charge in [-0.1, -0.05) is 18.2 Å². The Balaban J connectivity index is 1.45. The van der Waals surface area contributed by atoms with E-state index in [-0.39, 0.29) is 12.0 Å². The van der Waals surface area contributed by atoms with E-state index in [1.54, 1.807) is 11.3 Å². The second-order valence-corrected chi connectivity index (χ2v) is 8.75. The van der Waals surface area contributed by atoms with E-state index in [1.807, 2.05) is 29.4 Å². The van der Waals surface area contributed by atoms with E-state index in [0.717, 1.165) is 40.2 Å². The van der Waals surface area contributed by atoms with Gasteiger partial charge < -0.3 is 14.4 Å². The van der Waals surface area contributed by atoms with Crippen LogP contribution in [0.5, 0.6) is 0 Å². The normalized spacial score (nSPS) is 20.5. The lowest BCUT2D eigenvalue weighted by molar-refractivity contribution is -0.0325. The number of amides is 1.